The molecule has 2 aromatic carbocycles. The number of carbonyl (C=O) groups excluding carboxylic acids is 2. The SMILES string of the molecule is C=CC(=O)N1CCC(c2cc(Oc3ccc(Oc4cccc(F)c4)cc3)c(C(N)=O)cn2)C1. The van der Waals surface area contributed by atoms with Crippen LogP contribution in [-0.2, 0) is 4.79 Å². The standard InChI is InChI=1S/C25H22FN3O4/c1-2-24(30)29-11-10-16(15-29)22-13-23(21(14-28-22)25(27)31)33-19-8-6-18(7-9-19)32-20-5-3-4-17(26)12-20/h2-9,12-14,16H,1,10-11,15H2,(H2,27,31). The predicted molar refractivity (Wildman–Crippen MR) is 120 cm³/mol. The van der Waals surface area contributed by atoms with Crippen molar-refractivity contribution in [2.24, 2.45) is 5.73 Å². The molecule has 1 aliphatic rings. The van der Waals surface area contributed by atoms with E-state index in [4.69, 9.17) is 15.2 Å². The summed E-state index contributed by atoms with van der Waals surface area (Å²) in [7, 11) is 0. The van der Waals surface area contributed by atoms with E-state index < -0.39 is 5.91 Å². The van der Waals surface area contributed by atoms with E-state index >= 15 is 0 Å². The molecule has 8 heteroatoms. The summed E-state index contributed by atoms with van der Waals surface area (Å²) in [6.07, 6.45) is 3.43. The van der Waals surface area contributed by atoms with Crippen molar-refractivity contribution in [2.45, 2.75) is 12.3 Å². The van der Waals surface area contributed by atoms with Gasteiger partial charge < -0.3 is 20.1 Å². The zero-order chi connectivity index (χ0) is 23.4. The number of rotatable bonds is 7. The molecule has 0 radical (unpaired) electrons. The molecule has 0 saturated carbocycles. The van der Waals surface area contributed by atoms with Gasteiger partial charge in [0.15, 0.2) is 0 Å². The molecule has 1 aliphatic heterocycles. The first-order valence-corrected chi connectivity index (χ1v) is 10.4. The van der Waals surface area contributed by atoms with E-state index in [2.05, 4.69) is 11.6 Å². The quantitative estimate of drug-likeness (QED) is 0.542. The van der Waals surface area contributed by atoms with Crippen molar-refractivity contribution in [3.8, 4) is 23.0 Å². The van der Waals surface area contributed by atoms with Crippen LogP contribution in [0.15, 0.2) is 73.4 Å². The van der Waals surface area contributed by atoms with E-state index in [0.29, 0.717) is 36.0 Å². The minimum Gasteiger partial charge on any atom is -0.457 e. The van der Waals surface area contributed by atoms with Crippen LogP contribution in [0.1, 0.15) is 28.4 Å². The second-order valence-electron chi connectivity index (χ2n) is 7.58. The Balaban J connectivity index is 1.51. The molecule has 1 atom stereocenters. The molecular weight excluding hydrogens is 425 g/mol. The van der Waals surface area contributed by atoms with Gasteiger partial charge >= 0.3 is 0 Å². The number of hydrogen-bond acceptors (Lipinski definition) is 5. The Morgan fingerprint density at radius 2 is 1.82 bits per heavy atom. The largest absolute Gasteiger partial charge is 0.457 e. The second-order valence-corrected chi connectivity index (χ2v) is 7.58. The molecule has 4 rings (SSSR count). The van der Waals surface area contributed by atoms with Gasteiger partial charge in [0.1, 0.15) is 34.4 Å². The third-order valence-corrected chi connectivity index (χ3v) is 5.33. The number of halogens is 1. The van der Waals surface area contributed by atoms with Crippen LogP contribution in [0.25, 0.3) is 0 Å². The molecule has 1 fully saturated rings. The van der Waals surface area contributed by atoms with E-state index in [1.807, 2.05) is 0 Å². The Hall–Kier alpha value is -4.20. The lowest BCUT2D eigenvalue weighted by atomic mass is 10.0. The normalized spacial score (nSPS) is 15.2. The van der Waals surface area contributed by atoms with Crippen molar-refractivity contribution in [1.82, 2.24) is 9.88 Å². The van der Waals surface area contributed by atoms with Crippen molar-refractivity contribution in [3.05, 3.63) is 90.5 Å². The van der Waals surface area contributed by atoms with E-state index in [1.165, 1.54) is 24.4 Å². The fourth-order valence-corrected chi connectivity index (χ4v) is 3.65. The number of ether oxygens (including phenoxy) is 2. The molecule has 1 unspecified atom stereocenters. The molecule has 0 aliphatic carbocycles. The minimum absolute atomic E-state index is 0.0141. The summed E-state index contributed by atoms with van der Waals surface area (Å²) in [6, 6.07) is 14.2. The summed E-state index contributed by atoms with van der Waals surface area (Å²) in [5.41, 5.74) is 6.36. The third kappa shape index (κ3) is 5.17. The average Bonchev–Trinajstić information content (AvgIpc) is 3.30. The van der Waals surface area contributed by atoms with Crippen LogP contribution in [0, 0.1) is 5.82 Å². The van der Waals surface area contributed by atoms with Crippen LogP contribution in [-0.4, -0.2) is 34.8 Å². The van der Waals surface area contributed by atoms with Crippen molar-refractivity contribution < 1.29 is 23.5 Å². The summed E-state index contributed by atoms with van der Waals surface area (Å²) in [5.74, 6) is 0.444. The molecule has 3 aromatic rings. The minimum atomic E-state index is -0.662. The first-order chi connectivity index (χ1) is 15.9. The number of nitrogens with two attached hydrogens (primary N) is 1. The highest BCUT2D eigenvalue weighted by Gasteiger charge is 2.28. The highest BCUT2D eigenvalue weighted by Crippen LogP contribution is 2.33. The lowest BCUT2D eigenvalue weighted by Crippen LogP contribution is -2.26. The van der Waals surface area contributed by atoms with Crippen LogP contribution in [0.3, 0.4) is 0 Å². The Labute approximate surface area is 190 Å². The van der Waals surface area contributed by atoms with Gasteiger partial charge in [-0.05, 0) is 48.9 Å². The Morgan fingerprint density at radius 1 is 1.09 bits per heavy atom. The summed E-state index contributed by atoms with van der Waals surface area (Å²) < 4.78 is 24.9. The molecule has 168 valence electrons. The first kappa shape index (κ1) is 22.0. The van der Waals surface area contributed by atoms with Gasteiger partial charge in [-0.3, -0.25) is 14.6 Å². The number of aromatic nitrogens is 1. The third-order valence-electron chi connectivity index (χ3n) is 5.33. The van der Waals surface area contributed by atoms with Crippen LogP contribution >= 0.6 is 0 Å². The molecule has 2 N–H and O–H groups in total. The van der Waals surface area contributed by atoms with Crippen molar-refractivity contribution >= 4 is 11.8 Å². The average molecular weight is 447 g/mol. The van der Waals surface area contributed by atoms with Gasteiger partial charge in [-0.15, -0.1) is 0 Å². The van der Waals surface area contributed by atoms with Gasteiger partial charge in [0.05, 0.1) is 0 Å². The van der Waals surface area contributed by atoms with Gasteiger partial charge in [0, 0.05) is 43.0 Å². The molecule has 0 spiro atoms. The summed E-state index contributed by atoms with van der Waals surface area (Å²) >= 11 is 0. The first-order valence-electron chi connectivity index (χ1n) is 10.4. The predicted octanol–water partition coefficient (Wildman–Crippen LogP) is 4.41. The summed E-state index contributed by atoms with van der Waals surface area (Å²) in [6.45, 7) is 4.65. The Bertz CT molecular complexity index is 1200. The lowest BCUT2D eigenvalue weighted by Gasteiger charge is -2.16. The van der Waals surface area contributed by atoms with Crippen LogP contribution < -0.4 is 15.2 Å². The Kier molecular flexibility index (Phi) is 6.35. The number of likely N-dealkylation sites (tertiary alicyclic amines) is 1. The molecule has 0 bridgehead atoms. The highest BCUT2D eigenvalue weighted by atomic mass is 19.1. The zero-order valence-corrected chi connectivity index (χ0v) is 17.7. The summed E-state index contributed by atoms with van der Waals surface area (Å²) in [4.78, 5) is 29.9. The maximum absolute atomic E-state index is 13.3. The van der Waals surface area contributed by atoms with Gasteiger partial charge in [-0.1, -0.05) is 12.6 Å². The number of benzene rings is 2. The number of amides is 2. The van der Waals surface area contributed by atoms with E-state index in [-0.39, 0.29) is 29.0 Å². The fraction of sp³-hybridized carbons (Fsp3) is 0.160. The molecule has 2 heterocycles. The van der Waals surface area contributed by atoms with Crippen LogP contribution in [0.5, 0.6) is 23.0 Å². The monoisotopic (exact) mass is 447 g/mol. The van der Waals surface area contributed by atoms with Crippen molar-refractivity contribution in [3.63, 3.8) is 0 Å². The highest BCUT2D eigenvalue weighted by molar-refractivity contribution is 5.95. The molecule has 1 saturated heterocycles. The molecule has 33 heavy (non-hydrogen) atoms. The van der Waals surface area contributed by atoms with Crippen molar-refractivity contribution in [2.75, 3.05) is 13.1 Å². The number of hydrogen-bond donors (Lipinski definition) is 1. The number of primary amides is 1. The van der Waals surface area contributed by atoms with E-state index in [1.54, 1.807) is 47.4 Å². The molecule has 1 aromatic heterocycles. The lowest BCUT2D eigenvalue weighted by molar-refractivity contribution is -0.125. The van der Waals surface area contributed by atoms with E-state index in [9.17, 15) is 14.0 Å². The smallest absolute Gasteiger partial charge is 0.254 e. The maximum atomic E-state index is 13.3. The van der Waals surface area contributed by atoms with Gasteiger partial charge in [-0.2, -0.15) is 0 Å². The molecular formula is C25H22FN3O4. The van der Waals surface area contributed by atoms with Crippen LogP contribution in [0.4, 0.5) is 4.39 Å². The summed E-state index contributed by atoms with van der Waals surface area (Å²) in [5, 5.41) is 0. The number of nitrogens with zero attached hydrogens (tertiary/aromatic N) is 2. The topological polar surface area (TPSA) is 94.8 Å². The van der Waals surface area contributed by atoms with Gasteiger partial charge in [0.25, 0.3) is 5.91 Å². The second kappa shape index (κ2) is 9.52. The number of carbonyl (C=O) groups is 2. The van der Waals surface area contributed by atoms with Gasteiger partial charge in [-0.25, -0.2) is 4.39 Å². The zero-order valence-electron chi connectivity index (χ0n) is 17.7. The van der Waals surface area contributed by atoms with Crippen molar-refractivity contribution in [1.29, 1.82) is 0 Å². The molecule has 2 amide bonds. The van der Waals surface area contributed by atoms with Crippen LogP contribution in [0.2, 0.25) is 0 Å². The number of pyridine rings is 1. The molecule has 7 nitrogen and oxygen atoms in total. The van der Waals surface area contributed by atoms with E-state index in [0.717, 1.165) is 6.42 Å². The fourth-order valence-electron chi connectivity index (χ4n) is 3.65. The Morgan fingerprint density at radius 3 is 2.48 bits per heavy atom. The maximum Gasteiger partial charge on any atom is 0.254 e. The van der Waals surface area contributed by atoms with Gasteiger partial charge in [0.2, 0.25) is 5.91 Å².